The van der Waals surface area contributed by atoms with Crippen LogP contribution in [0.25, 0.3) is 0 Å². The monoisotopic (exact) mass is 333 g/mol. The second-order valence-corrected chi connectivity index (χ2v) is 6.98. The van der Waals surface area contributed by atoms with Crippen LogP contribution in [0.3, 0.4) is 0 Å². The Morgan fingerprint density at radius 3 is 2.61 bits per heavy atom. The highest BCUT2D eigenvalue weighted by molar-refractivity contribution is 9.10. The van der Waals surface area contributed by atoms with E-state index in [1.165, 1.54) is 0 Å². The second-order valence-electron chi connectivity index (χ2n) is 4.44. The number of rotatable bonds is 3. The third kappa shape index (κ3) is 3.32. The first-order valence-electron chi connectivity index (χ1n) is 5.85. The maximum atomic E-state index is 12.3. The van der Waals surface area contributed by atoms with E-state index in [4.69, 9.17) is 4.74 Å². The van der Waals surface area contributed by atoms with Gasteiger partial charge in [0.25, 0.3) is 0 Å². The highest BCUT2D eigenvalue weighted by Crippen LogP contribution is 2.23. The molecule has 1 aliphatic rings. The SMILES string of the molecule is Cc1ccc(S(=O)(=O)NC2CCOCC2)c(Br)c1. The molecule has 6 heteroatoms. The van der Waals surface area contributed by atoms with E-state index in [2.05, 4.69) is 20.7 Å². The van der Waals surface area contributed by atoms with Gasteiger partial charge in [0, 0.05) is 23.7 Å². The largest absolute Gasteiger partial charge is 0.381 e. The zero-order valence-corrected chi connectivity index (χ0v) is 12.6. The van der Waals surface area contributed by atoms with E-state index in [0.717, 1.165) is 18.4 Å². The molecule has 0 aromatic heterocycles. The molecule has 18 heavy (non-hydrogen) atoms. The van der Waals surface area contributed by atoms with Gasteiger partial charge >= 0.3 is 0 Å². The number of halogens is 1. The quantitative estimate of drug-likeness (QED) is 0.922. The zero-order valence-electron chi connectivity index (χ0n) is 10.1. The van der Waals surface area contributed by atoms with E-state index in [9.17, 15) is 8.42 Å². The van der Waals surface area contributed by atoms with Crippen LogP contribution in [0.1, 0.15) is 18.4 Å². The summed E-state index contributed by atoms with van der Waals surface area (Å²) >= 11 is 3.30. The highest BCUT2D eigenvalue weighted by Gasteiger charge is 2.23. The number of benzene rings is 1. The number of sulfonamides is 1. The fraction of sp³-hybridized carbons (Fsp3) is 0.500. The molecule has 0 saturated carbocycles. The smallest absolute Gasteiger partial charge is 0.241 e. The van der Waals surface area contributed by atoms with Gasteiger partial charge in [0.15, 0.2) is 0 Å². The summed E-state index contributed by atoms with van der Waals surface area (Å²) in [6.07, 6.45) is 1.45. The first-order chi connectivity index (χ1) is 8.49. The first kappa shape index (κ1) is 14.0. The summed E-state index contributed by atoms with van der Waals surface area (Å²) in [7, 11) is -3.46. The van der Waals surface area contributed by atoms with Crippen molar-refractivity contribution in [3.63, 3.8) is 0 Å². The standard InChI is InChI=1S/C12H16BrNO3S/c1-9-2-3-12(11(13)8-9)18(15,16)14-10-4-6-17-7-5-10/h2-3,8,10,14H,4-7H2,1H3. The molecule has 100 valence electrons. The fourth-order valence-corrected chi connectivity index (χ4v) is 4.42. The van der Waals surface area contributed by atoms with Crippen molar-refractivity contribution < 1.29 is 13.2 Å². The minimum absolute atomic E-state index is 0.0306. The van der Waals surface area contributed by atoms with Gasteiger partial charge in [-0.05, 0) is 53.4 Å². The summed E-state index contributed by atoms with van der Waals surface area (Å²) in [4.78, 5) is 0.291. The maximum absolute atomic E-state index is 12.3. The minimum Gasteiger partial charge on any atom is -0.381 e. The Hall–Kier alpha value is -0.430. The number of hydrogen-bond donors (Lipinski definition) is 1. The summed E-state index contributed by atoms with van der Waals surface area (Å²) < 4.78 is 33.0. The lowest BCUT2D eigenvalue weighted by molar-refractivity contribution is 0.0832. The van der Waals surface area contributed by atoms with Crippen LogP contribution in [-0.4, -0.2) is 27.7 Å². The predicted molar refractivity (Wildman–Crippen MR) is 73.0 cm³/mol. The number of nitrogens with one attached hydrogen (secondary N) is 1. The Morgan fingerprint density at radius 2 is 2.00 bits per heavy atom. The molecule has 1 N–H and O–H groups in total. The number of ether oxygens (including phenoxy) is 1. The van der Waals surface area contributed by atoms with Gasteiger partial charge in [-0.2, -0.15) is 0 Å². The van der Waals surface area contributed by atoms with Crippen LogP contribution in [0.4, 0.5) is 0 Å². The lowest BCUT2D eigenvalue weighted by Gasteiger charge is -2.23. The van der Waals surface area contributed by atoms with Gasteiger partial charge < -0.3 is 4.74 Å². The van der Waals surface area contributed by atoms with Gasteiger partial charge in [0.1, 0.15) is 0 Å². The molecule has 1 aromatic rings. The van der Waals surface area contributed by atoms with Gasteiger partial charge in [-0.1, -0.05) is 6.07 Å². The third-order valence-electron chi connectivity index (χ3n) is 2.92. The number of aryl methyl sites for hydroxylation is 1. The molecule has 1 fully saturated rings. The molecule has 1 aromatic carbocycles. The Kier molecular flexibility index (Phi) is 4.42. The van der Waals surface area contributed by atoms with Crippen molar-refractivity contribution in [3.05, 3.63) is 28.2 Å². The van der Waals surface area contributed by atoms with Gasteiger partial charge in [0.05, 0.1) is 4.90 Å². The molecule has 0 aliphatic carbocycles. The third-order valence-corrected chi connectivity index (χ3v) is 5.42. The van der Waals surface area contributed by atoms with E-state index in [-0.39, 0.29) is 6.04 Å². The van der Waals surface area contributed by atoms with Crippen molar-refractivity contribution in [1.82, 2.24) is 4.72 Å². The van der Waals surface area contributed by atoms with E-state index in [1.807, 2.05) is 6.92 Å². The van der Waals surface area contributed by atoms with Crippen molar-refractivity contribution in [2.75, 3.05) is 13.2 Å². The predicted octanol–water partition coefficient (Wildman–Crippen LogP) is 2.21. The highest BCUT2D eigenvalue weighted by atomic mass is 79.9. The van der Waals surface area contributed by atoms with Crippen molar-refractivity contribution in [1.29, 1.82) is 0 Å². The lowest BCUT2D eigenvalue weighted by atomic mass is 10.1. The Balaban J connectivity index is 2.19. The van der Waals surface area contributed by atoms with Crippen molar-refractivity contribution in [3.8, 4) is 0 Å². The summed E-state index contributed by atoms with van der Waals surface area (Å²) in [6, 6.07) is 5.19. The molecule has 4 nitrogen and oxygen atoms in total. The molecule has 1 heterocycles. The molecule has 1 aliphatic heterocycles. The van der Waals surface area contributed by atoms with Crippen LogP contribution in [0.2, 0.25) is 0 Å². The van der Waals surface area contributed by atoms with Crippen molar-refractivity contribution in [2.45, 2.75) is 30.7 Å². The van der Waals surface area contributed by atoms with Gasteiger partial charge in [-0.3, -0.25) is 0 Å². The Morgan fingerprint density at radius 1 is 1.33 bits per heavy atom. The summed E-state index contributed by atoms with van der Waals surface area (Å²) in [5.41, 5.74) is 1.02. The van der Waals surface area contributed by atoms with Crippen LogP contribution in [-0.2, 0) is 14.8 Å². The Bertz CT molecular complexity index is 524. The molecule has 0 atom stereocenters. The summed E-state index contributed by atoms with van der Waals surface area (Å²) in [6.45, 7) is 3.15. The van der Waals surface area contributed by atoms with Crippen molar-refractivity contribution in [2.24, 2.45) is 0 Å². The molecule has 2 rings (SSSR count). The van der Waals surface area contributed by atoms with E-state index in [1.54, 1.807) is 18.2 Å². The average Bonchev–Trinajstić information content (AvgIpc) is 2.29. The molecular formula is C12H16BrNO3S. The van der Waals surface area contributed by atoms with Gasteiger partial charge in [-0.15, -0.1) is 0 Å². The van der Waals surface area contributed by atoms with Crippen LogP contribution in [0.15, 0.2) is 27.6 Å². The molecule has 0 radical (unpaired) electrons. The molecule has 0 bridgehead atoms. The first-order valence-corrected chi connectivity index (χ1v) is 8.13. The normalized spacial score (nSPS) is 17.9. The zero-order chi connectivity index (χ0) is 13.2. The molecule has 0 amide bonds. The van der Waals surface area contributed by atoms with Crippen LogP contribution in [0, 0.1) is 6.92 Å². The summed E-state index contributed by atoms with van der Waals surface area (Å²) in [5.74, 6) is 0. The van der Waals surface area contributed by atoms with E-state index in [0.29, 0.717) is 22.6 Å². The van der Waals surface area contributed by atoms with Gasteiger partial charge in [0.2, 0.25) is 10.0 Å². The van der Waals surface area contributed by atoms with Crippen LogP contribution < -0.4 is 4.72 Å². The van der Waals surface area contributed by atoms with Crippen molar-refractivity contribution >= 4 is 26.0 Å². The molecule has 1 saturated heterocycles. The second kappa shape index (κ2) is 5.69. The topological polar surface area (TPSA) is 55.4 Å². The number of hydrogen-bond acceptors (Lipinski definition) is 3. The molecule has 0 unspecified atom stereocenters. The van der Waals surface area contributed by atoms with Crippen LogP contribution in [0.5, 0.6) is 0 Å². The minimum atomic E-state index is -3.46. The van der Waals surface area contributed by atoms with Gasteiger partial charge in [-0.25, -0.2) is 13.1 Å². The van der Waals surface area contributed by atoms with E-state index >= 15 is 0 Å². The average molecular weight is 334 g/mol. The lowest BCUT2D eigenvalue weighted by Crippen LogP contribution is -2.38. The maximum Gasteiger partial charge on any atom is 0.241 e. The molecular weight excluding hydrogens is 318 g/mol. The Labute approximate surface area is 116 Å². The van der Waals surface area contributed by atoms with Crippen LogP contribution >= 0.6 is 15.9 Å². The fourth-order valence-electron chi connectivity index (χ4n) is 1.92. The molecule has 0 spiro atoms. The summed E-state index contributed by atoms with van der Waals surface area (Å²) in [5, 5.41) is 0. The van der Waals surface area contributed by atoms with E-state index < -0.39 is 10.0 Å².